The highest BCUT2D eigenvalue weighted by atomic mass is 16.5. The normalized spacial score (nSPS) is 19.6. The van der Waals surface area contributed by atoms with Crippen molar-refractivity contribution in [2.75, 3.05) is 20.2 Å². The van der Waals surface area contributed by atoms with Crippen LogP contribution in [0, 0.1) is 6.92 Å². The van der Waals surface area contributed by atoms with Crippen LogP contribution in [-0.2, 0) is 0 Å². The van der Waals surface area contributed by atoms with Gasteiger partial charge >= 0.3 is 0 Å². The number of ether oxygens (including phenoxy) is 2. The molecular formula is C21H25N3O3. The van der Waals surface area contributed by atoms with E-state index in [0.717, 1.165) is 43.5 Å². The molecule has 2 aliphatic rings. The average molecular weight is 367 g/mol. The topological polar surface area (TPSA) is 64.5 Å². The van der Waals surface area contributed by atoms with E-state index >= 15 is 0 Å². The Labute approximate surface area is 159 Å². The number of hydrogen-bond donors (Lipinski definition) is 0. The number of amides is 1. The number of aromatic nitrogens is 2. The molecule has 0 spiro atoms. The molecular weight excluding hydrogens is 342 g/mol. The fraction of sp³-hybridized carbons (Fsp3) is 0.476. The van der Waals surface area contributed by atoms with Gasteiger partial charge in [-0.3, -0.25) is 4.79 Å². The number of piperidine rings is 1. The van der Waals surface area contributed by atoms with Crippen molar-refractivity contribution in [3.05, 3.63) is 47.3 Å². The maximum atomic E-state index is 13.2. The molecule has 0 bridgehead atoms. The molecule has 2 fully saturated rings. The van der Waals surface area contributed by atoms with Crippen molar-refractivity contribution in [1.82, 2.24) is 14.9 Å². The van der Waals surface area contributed by atoms with Crippen molar-refractivity contribution in [3.8, 4) is 11.8 Å². The van der Waals surface area contributed by atoms with E-state index in [1.165, 1.54) is 0 Å². The molecule has 1 aliphatic heterocycles. The first-order valence-corrected chi connectivity index (χ1v) is 9.57. The maximum Gasteiger partial charge on any atom is 0.255 e. The fourth-order valence-electron chi connectivity index (χ4n) is 3.55. The summed E-state index contributed by atoms with van der Waals surface area (Å²) < 4.78 is 11.3. The van der Waals surface area contributed by atoms with Gasteiger partial charge < -0.3 is 14.4 Å². The SMILES string of the molecule is COc1ccc(C(=O)N2CCC[C@@H](Oc3cc(C)ccn3)C2)c(C2CC2)n1. The number of methoxy groups -OCH3 is 1. The Balaban J connectivity index is 1.49. The molecule has 1 saturated carbocycles. The minimum Gasteiger partial charge on any atom is -0.481 e. The summed E-state index contributed by atoms with van der Waals surface area (Å²) in [6.45, 7) is 3.34. The Morgan fingerprint density at radius 1 is 1.19 bits per heavy atom. The lowest BCUT2D eigenvalue weighted by Crippen LogP contribution is -2.44. The van der Waals surface area contributed by atoms with E-state index in [0.29, 0.717) is 29.8 Å². The molecule has 6 heteroatoms. The van der Waals surface area contributed by atoms with Crippen LogP contribution in [0.4, 0.5) is 0 Å². The van der Waals surface area contributed by atoms with Crippen molar-refractivity contribution < 1.29 is 14.3 Å². The number of hydrogen-bond acceptors (Lipinski definition) is 5. The molecule has 1 atom stereocenters. The third kappa shape index (κ3) is 4.04. The predicted octanol–water partition coefficient (Wildman–Crippen LogP) is 3.35. The molecule has 6 nitrogen and oxygen atoms in total. The van der Waals surface area contributed by atoms with Gasteiger partial charge in [0.2, 0.25) is 11.8 Å². The fourth-order valence-corrected chi connectivity index (χ4v) is 3.55. The molecule has 3 heterocycles. The highest BCUT2D eigenvalue weighted by molar-refractivity contribution is 5.95. The molecule has 0 unspecified atom stereocenters. The molecule has 4 rings (SSSR count). The minimum atomic E-state index is -0.0346. The summed E-state index contributed by atoms with van der Waals surface area (Å²) in [7, 11) is 1.60. The van der Waals surface area contributed by atoms with E-state index in [1.807, 2.05) is 30.0 Å². The smallest absolute Gasteiger partial charge is 0.255 e. The van der Waals surface area contributed by atoms with Gasteiger partial charge in [0.05, 0.1) is 24.9 Å². The van der Waals surface area contributed by atoms with Gasteiger partial charge in [-0.05, 0) is 50.3 Å². The Morgan fingerprint density at radius 2 is 2.04 bits per heavy atom. The first kappa shape index (κ1) is 17.8. The second-order valence-corrected chi connectivity index (χ2v) is 7.37. The van der Waals surface area contributed by atoms with Crippen LogP contribution in [0.5, 0.6) is 11.8 Å². The zero-order valence-corrected chi connectivity index (χ0v) is 15.9. The van der Waals surface area contributed by atoms with Crippen molar-refractivity contribution in [1.29, 1.82) is 0 Å². The largest absolute Gasteiger partial charge is 0.481 e. The molecule has 0 N–H and O–H groups in total. The van der Waals surface area contributed by atoms with E-state index < -0.39 is 0 Å². The van der Waals surface area contributed by atoms with Crippen molar-refractivity contribution in [2.24, 2.45) is 0 Å². The summed E-state index contributed by atoms with van der Waals surface area (Å²) in [6.07, 6.45) is 5.74. The van der Waals surface area contributed by atoms with Crippen LogP contribution in [0.2, 0.25) is 0 Å². The van der Waals surface area contributed by atoms with Gasteiger partial charge in [-0.1, -0.05) is 0 Å². The molecule has 1 aliphatic carbocycles. The first-order valence-electron chi connectivity index (χ1n) is 9.57. The number of pyridine rings is 2. The van der Waals surface area contributed by atoms with Crippen molar-refractivity contribution in [2.45, 2.75) is 44.6 Å². The van der Waals surface area contributed by atoms with Gasteiger partial charge in [0, 0.05) is 30.8 Å². The summed E-state index contributed by atoms with van der Waals surface area (Å²) >= 11 is 0. The van der Waals surface area contributed by atoms with Crippen LogP contribution in [0.25, 0.3) is 0 Å². The predicted molar refractivity (Wildman–Crippen MR) is 101 cm³/mol. The zero-order chi connectivity index (χ0) is 18.8. The molecule has 1 saturated heterocycles. The highest BCUT2D eigenvalue weighted by Crippen LogP contribution is 2.41. The number of rotatable bonds is 5. The second kappa shape index (κ2) is 7.55. The lowest BCUT2D eigenvalue weighted by atomic mass is 10.0. The van der Waals surface area contributed by atoms with Crippen LogP contribution < -0.4 is 9.47 Å². The number of carbonyl (C=O) groups excluding carboxylic acids is 1. The summed E-state index contributed by atoms with van der Waals surface area (Å²) in [5.74, 6) is 1.61. The maximum absolute atomic E-state index is 13.2. The molecule has 2 aromatic heterocycles. The molecule has 0 aromatic carbocycles. The lowest BCUT2D eigenvalue weighted by molar-refractivity contribution is 0.0526. The van der Waals surface area contributed by atoms with E-state index in [-0.39, 0.29) is 12.0 Å². The summed E-state index contributed by atoms with van der Waals surface area (Å²) in [5.41, 5.74) is 2.69. The van der Waals surface area contributed by atoms with Crippen LogP contribution in [0.15, 0.2) is 30.5 Å². The summed E-state index contributed by atoms with van der Waals surface area (Å²) in [6, 6.07) is 7.50. The van der Waals surface area contributed by atoms with Crippen LogP contribution >= 0.6 is 0 Å². The molecule has 27 heavy (non-hydrogen) atoms. The lowest BCUT2D eigenvalue weighted by Gasteiger charge is -2.33. The minimum absolute atomic E-state index is 0.0346. The Bertz CT molecular complexity index is 835. The number of likely N-dealkylation sites (tertiary alicyclic amines) is 1. The van der Waals surface area contributed by atoms with E-state index in [2.05, 4.69) is 9.97 Å². The third-order valence-corrected chi connectivity index (χ3v) is 5.15. The summed E-state index contributed by atoms with van der Waals surface area (Å²) in [5, 5.41) is 0. The molecule has 0 radical (unpaired) electrons. The van der Waals surface area contributed by atoms with Gasteiger partial charge in [-0.25, -0.2) is 9.97 Å². The molecule has 142 valence electrons. The molecule has 1 amide bonds. The Morgan fingerprint density at radius 3 is 2.78 bits per heavy atom. The van der Waals surface area contributed by atoms with E-state index in [4.69, 9.17) is 9.47 Å². The quantitative estimate of drug-likeness (QED) is 0.811. The van der Waals surface area contributed by atoms with Crippen molar-refractivity contribution >= 4 is 5.91 Å². The second-order valence-electron chi connectivity index (χ2n) is 7.37. The van der Waals surface area contributed by atoms with Gasteiger partial charge in [0.1, 0.15) is 6.10 Å². The highest BCUT2D eigenvalue weighted by Gasteiger charge is 2.33. The van der Waals surface area contributed by atoms with Crippen molar-refractivity contribution in [3.63, 3.8) is 0 Å². The average Bonchev–Trinajstić information content (AvgIpc) is 3.52. The first-order chi connectivity index (χ1) is 13.1. The van der Waals surface area contributed by atoms with E-state index in [9.17, 15) is 4.79 Å². The Hall–Kier alpha value is -2.63. The number of nitrogens with zero attached hydrogens (tertiary/aromatic N) is 3. The van der Waals surface area contributed by atoms with Gasteiger partial charge in [0.15, 0.2) is 0 Å². The standard InChI is InChI=1S/C21H25N3O3/c1-14-9-10-22-19(12-14)27-16-4-3-11-24(13-16)21(25)17-7-8-18(26-2)23-20(17)15-5-6-15/h7-10,12,15-16H,3-6,11,13H2,1-2H3/t16-/m1/s1. The van der Waals surface area contributed by atoms with Gasteiger partial charge in [-0.15, -0.1) is 0 Å². The number of carbonyl (C=O) groups is 1. The van der Waals surface area contributed by atoms with Crippen LogP contribution in [-0.4, -0.2) is 47.1 Å². The Kier molecular flexibility index (Phi) is 4.97. The monoisotopic (exact) mass is 367 g/mol. The van der Waals surface area contributed by atoms with E-state index in [1.54, 1.807) is 19.4 Å². The van der Waals surface area contributed by atoms with Gasteiger partial charge in [-0.2, -0.15) is 0 Å². The third-order valence-electron chi connectivity index (χ3n) is 5.15. The zero-order valence-electron chi connectivity index (χ0n) is 15.9. The van der Waals surface area contributed by atoms with Gasteiger partial charge in [0.25, 0.3) is 5.91 Å². The summed E-state index contributed by atoms with van der Waals surface area (Å²) in [4.78, 5) is 23.9. The van der Waals surface area contributed by atoms with Crippen LogP contribution in [0.1, 0.15) is 53.2 Å². The number of aryl methyl sites for hydroxylation is 1. The van der Waals surface area contributed by atoms with Crippen LogP contribution in [0.3, 0.4) is 0 Å². The molecule has 2 aromatic rings.